The minimum Gasteiger partial charge on any atom is -0.350 e. The zero-order valence-corrected chi connectivity index (χ0v) is 15.2. The van der Waals surface area contributed by atoms with Crippen LogP contribution in [0, 0.1) is 0 Å². The predicted molar refractivity (Wildman–Crippen MR) is 92.0 cm³/mol. The summed E-state index contributed by atoms with van der Waals surface area (Å²) in [5, 5.41) is 7.22. The molecule has 1 aliphatic heterocycles. The second-order valence-corrected chi connectivity index (χ2v) is 9.59. The van der Waals surface area contributed by atoms with Crippen molar-refractivity contribution in [3.05, 3.63) is 22.9 Å². The fraction of sp³-hybridized carbons (Fsp3) is 0.600. The summed E-state index contributed by atoms with van der Waals surface area (Å²) in [6.45, 7) is 5.43. The smallest absolute Gasteiger partial charge is 0.264 e. The monoisotopic (exact) mass is 367 g/mol. The van der Waals surface area contributed by atoms with Crippen molar-refractivity contribution < 1.29 is 13.2 Å². The first-order chi connectivity index (χ1) is 11.6. The SMILES string of the molecule is CC(C)(C)NC(=O)Cn1cnc2c(cnn2[C@H]2CCS(=O)(=O)C2)c1=O. The van der Waals surface area contributed by atoms with E-state index < -0.39 is 15.4 Å². The number of nitrogens with one attached hydrogen (secondary N) is 1. The van der Waals surface area contributed by atoms with Crippen molar-refractivity contribution in [1.82, 2.24) is 24.6 Å². The highest BCUT2D eigenvalue weighted by atomic mass is 32.2. The summed E-state index contributed by atoms with van der Waals surface area (Å²) >= 11 is 0. The van der Waals surface area contributed by atoms with Gasteiger partial charge in [0.25, 0.3) is 5.56 Å². The molecule has 3 heterocycles. The molecule has 0 aromatic carbocycles. The van der Waals surface area contributed by atoms with E-state index in [0.29, 0.717) is 12.1 Å². The van der Waals surface area contributed by atoms with Gasteiger partial charge < -0.3 is 5.32 Å². The topological polar surface area (TPSA) is 116 Å². The van der Waals surface area contributed by atoms with Crippen LogP contribution in [0.25, 0.3) is 11.0 Å². The van der Waals surface area contributed by atoms with Gasteiger partial charge in [-0.3, -0.25) is 14.2 Å². The predicted octanol–water partition coefficient (Wildman–Crippen LogP) is -0.133. The third-order valence-corrected chi connectivity index (χ3v) is 5.71. The molecule has 9 nitrogen and oxygen atoms in total. The summed E-state index contributed by atoms with van der Waals surface area (Å²) in [7, 11) is -3.07. The Balaban J connectivity index is 1.90. The first-order valence-corrected chi connectivity index (χ1v) is 9.82. The van der Waals surface area contributed by atoms with Gasteiger partial charge in [-0.15, -0.1) is 0 Å². The van der Waals surface area contributed by atoms with E-state index in [2.05, 4.69) is 15.4 Å². The van der Waals surface area contributed by atoms with Crippen LogP contribution in [0.3, 0.4) is 0 Å². The van der Waals surface area contributed by atoms with E-state index in [1.54, 1.807) is 0 Å². The Morgan fingerprint density at radius 2 is 2.12 bits per heavy atom. The lowest BCUT2D eigenvalue weighted by Gasteiger charge is -2.20. The number of nitrogens with zero attached hydrogens (tertiary/aromatic N) is 4. The lowest BCUT2D eigenvalue weighted by molar-refractivity contribution is -0.123. The second kappa shape index (κ2) is 5.94. The Morgan fingerprint density at radius 1 is 1.40 bits per heavy atom. The van der Waals surface area contributed by atoms with Crippen molar-refractivity contribution in [1.29, 1.82) is 0 Å². The Hall–Kier alpha value is -2.23. The van der Waals surface area contributed by atoms with Gasteiger partial charge in [0.1, 0.15) is 18.3 Å². The molecule has 0 bridgehead atoms. The molecule has 0 spiro atoms. The molecule has 10 heteroatoms. The highest BCUT2D eigenvalue weighted by Crippen LogP contribution is 2.25. The maximum Gasteiger partial charge on any atom is 0.264 e. The first-order valence-electron chi connectivity index (χ1n) is 8.00. The number of rotatable bonds is 3. The molecule has 0 unspecified atom stereocenters. The Labute approximate surface area is 145 Å². The number of fused-ring (bicyclic) bond motifs is 1. The van der Waals surface area contributed by atoms with E-state index in [1.807, 2.05) is 20.8 Å². The standard InChI is InChI=1S/C15H21N5O4S/c1-15(2,3)18-12(21)7-19-9-16-13-11(14(19)22)6-17-20(13)10-4-5-25(23,24)8-10/h6,9-10H,4-5,7-8H2,1-3H3,(H,18,21)/t10-/m0/s1. The molecule has 1 saturated heterocycles. The van der Waals surface area contributed by atoms with Crippen molar-refractivity contribution >= 4 is 26.8 Å². The van der Waals surface area contributed by atoms with Crippen molar-refractivity contribution in [2.75, 3.05) is 11.5 Å². The van der Waals surface area contributed by atoms with Crippen LogP contribution in [-0.2, 0) is 21.2 Å². The minimum absolute atomic E-state index is 0.00251. The summed E-state index contributed by atoms with van der Waals surface area (Å²) in [6.07, 6.45) is 3.14. The van der Waals surface area contributed by atoms with Gasteiger partial charge in [0.2, 0.25) is 5.91 Å². The van der Waals surface area contributed by atoms with Gasteiger partial charge in [-0.25, -0.2) is 18.1 Å². The highest BCUT2D eigenvalue weighted by molar-refractivity contribution is 7.91. The summed E-state index contributed by atoms with van der Waals surface area (Å²) in [5.41, 5.74) is -0.419. The highest BCUT2D eigenvalue weighted by Gasteiger charge is 2.31. The number of hydrogen-bond acceptors (Lipinski definition) is 6. The molecule has 1 atom stereocenters. The fourth-order valence-corrected chi connectivity index (χ4v) is 4.62. The maximum atomic E-state index is 12.6. The molecule has 3 rings (SSSR count). The van der Waals surface area contributed by atoms with Crippen LogP contribution in [0.5, 0.6) is 0 Å². The van der Waals surface area contributed by atoms with Crippen LogP contribution < -0.4 is 10.9 Å². The van der Waals surface area contributed by atoms with Gasteiger partial charge in [0.05, 0.1) is 23.7 Å². The molecule has 136 valence electrons. The van der Waals surface area contributed by atoms with Gasteiger partial charge in [-0.05, 0) is 27.2 Å². The molecule has 0 saturated carbocycles. The largest absolute Gasteiger partial charge is 0.350 e. The molecular formula is C15H21N5O4S. The van der Waals surface area contributed by atoms with E-state index in [4.69, 9.17) is 0 Å². The van der Waals surface area contributed by atoms with E-state index in [9.17, 15) is 18.0 Å². The van der Waals surface area contributed by atoms with Gasteiger partial charge in [0.15, 0.2) is 15.5 Å². The molecule has 1 N–H and O–H groups in total. The quantitative estimate of drug-likeness (QED) is 0.808. The van der Waals surface area contributed by atoms with Crippen molar-refractivity contribution in [2.45, 2.75) is 45.3 Å². The number of sulfone groups is 1. The molecule has 2 aromatic heterocycles. The number of carbonyl (C=O) groups is 1. The Kier molecular flexibility index (Phi) is 4.18. The van der Waals surface area contributed by atoms with Crippen molar-refractivity contribution in [3.63, 3.8) is 0 Å². The maximum absolute atomic E-state index is 12.6. The minimum atomic E-state index is -3.07. The van der Waals surface area contributed by atoms with Gasteiger partial charge in [-0.1, -0.05) is 0 Å². The summed E-state index contributed by atoms with van der Waals surface area (Å²) < 4.78 is 26.0. The molecule has 2 aromatic rings. The average Bonchev–Trinajstić information content (AvgIpc) is 3.03. The zero-order chi connectivity index (χ0) is 18.4. The molecular weight excluding hydrogens is 346 g/mol. The van der Waals surface area contributed by atoms with E-state index in [-0.39, 0.29) is 40.9 Å². The first kappa shape index (κ1) is 17.6. The van der Waals surface area contributed by atoms with Crippen LogP contribution in [0.1, 0.15) is 33.2 Å². The summed E-state index contributed by atoms with van der Waals surface area (Å²) in [4.78, 5) is 28.8. The molecule has 1 amide bonds. The fourth-order valence-electron chi connectivity index (χ4n) is 2.93. The van der Waals surface area contributed by atoms with E-state index in [1.165, 1.54) is 21.8 Å². The normalized spacial score (nSPS) is 20.0. The van der Waals surface area contributed by atoms with Crippen LogP contribution in [0.2, 0.25) is 0 Å². The molecule has 1 fully saturated rings. The second-order valence-electron chi connectivity index (χ2n) is 7.36. The molecule has 1 aliphatic rings. The third-order valence-electron chi connectivity index (χ3n) is 3.96. The Bertz CT molecular complexity index is 983. The van der Waals surface area contributed by atoms with Crippen LogP contribution >= 0.6 is 0 Å². The molecule has 0 radical (unpaired) electrons. The van der Waals surface area contributed by atoms with Crippen molar-refractivity contribution in [3.8, 4) is 0 Å². The molecule has 25 heavy (non-hydrogen) atoms. The van der Waals surface area contributed by atoms with Gasteiger partial charge in [-0.2, -0.15) is 5.10 Å². The lowest BCUT2D eigenvalue weighted by Crippen LogP contribution is -2.43. The third kappa shape index (κ3) is 3.73. The average molecular weight is 367 g/mol. The number of aromatic nitrogens is 4. The van der Waals surface area contributed by atoms with E-state index in [0.717, 1.165) is 0 Å². The zero-order valence-electron chi connectivity index (χ0n) is 14.4. The van der Waals surface area contributed by atoms with Gasteiger partial charge >= 0.3 is 0 Å². The van der Waals surface area contributed by atoms with Crippen LogP contribution in [0.4, 0.5) is 0 Å². The number of amides is 1. The van der Waals surface area contributed by atoms with Crippen LogP contribution in [-0.4, -0.2) is 50.7 Å². The van der Waals surface area contributed by atoms with Crippen molar-refractivity contribution in [2.24, 2.45) is 0 Å². The number of carbonyl (C=O) groups excluding carboxylic acids is 1. The number of hydrogen-bond donors (Lipinski definition) is 1. The summed E-state index contributed by atoms with van der Waals surface area (Å²) in [6, 6.07) is -0.311. The summed E-state index contributed by atoms with van der Waals surface area (Å²) in [5.74, 6) is -0.170. The molecule has 0 aliphatic carbocycles. The Morgan fingerprint density at radius 3 is 2.72 bits per heavy atom. The van der Waals surface area contributed by atoms with Gasteiger partial charge in [0, 0.05) is 5.54 Å². The van der Waals surface area contributed by atoms with E-state index >= 15 is 0 Å². The van der Waals surface area contributed by atoms with Crippen LogP contribution in [0.15, 0.2) is 17.3 Å². The lowest BCUT2D eigenvalue weighted by atomic mass is 10.1.